The summed E-state index contributed by atoms with van der Waals surface area (Å²) in [5.41, 5.74) is 9.73. The molecule has 4 N–H and O–H groups in total. The number of rotatable bonds is 11. The average molecular weight is 634 g/mol. The zero-order chi connectivity index (χ0) is 31.3. The first kappa shape index (κ1) is 31.9. The molecule has 45 heavy (non-hydrogen) atoms. The summed E-state index contributed by atoms with van der Waals surface area (Å²) >= 11 is 6.28. The van der Waals surface area contributed by atoms with E-state index in [0.717, 1.165) is 56.1 Å². The Balaban J connectivity index is 1.14. The van der Waals surface area contributed by atoms with Crippen molar-refractivity contribution < 1.29 is 9.13 Å². The topological polar surface area (TPSA) is 98.0 Å². The smallest absolute Gasteiger partial charge is 0.354 e. The van der Waals surface area contributed by atoms with Gasteiger partial charge in [0.1, 0.15) is 5.65 Å². The van der Waals surface area contributed by atoms with Crippen LogP contribution in [0.3, 0.4) is 0 Å². The Morgan fingerprint density at radius 3 is 2.67 bits per heavy atom. The summed E-state index contributed by atoms with van der Waals surface area (Å²) in [6.07, 6.45) is 14.1. The van der Waals surface area contributed by atoms with E-state index < -0.39 is 11.5 Å². The first-order chi connectivity index (χ1) is 21.8. The van der Waals surface area contributed by atoms with Gasteiger partial charge in [-0.2, -0.15) is 4.98 Å². The third-order valence-electron chi connectivity index (χ3n) is 9.57. The van der Waals surface area contributed by atoms with Crippen LogP contribution in [0.25, 0.3) is 28.0 Å². The van der Waals surface area contributed by atoms with Gasteiger partial charge in [-0.15, -0.1) is 0 Å². The summed E-state index contributed by atoms with van der Waals surface area (Å²) < 4.78 is 22.2. The number of hydrogen-bond acceptors (Lipinski definition) is 5. The Hall–Kier alpha value is -3.04. The van der Waals surface area contributed by atoms with E-state index in [2.05, 4.69) is 27.4 Å². The number of aromatic amines is 1. The van der Waals surface area contributed by atoms with Crippen molar-refractivity contribution in [1.82, 2.24) is 19.9 Å². The Morgan fingerprint density at radius 1 is 1.09 bits per heavy atom. The number of aryl methyl sites for hydroxylation is 1. The molecule has 2 aromatic carbocycles. The zero-order valence-corrected chi connectivity index (χ0v) is 26.9. The normalized spacial score (nSPS) is 20.1. The van der Waals surface area contributed by atoms with E-state index in [1.54, 1.807) is 16.8 Å². The Morgan fingerprint density at radius 2 is 1.89 bits per heavy atom. The van der Waals surface area contributed by atoms with Crippen molar-refractivity contribution >= 4 is 22.6 Å². The van der Waals surface area contributed by atoms with Crippen molar-refractivity contribution in [1.29, 1.82) is 0 Å². The third kappa shape index (κ3) is 7.86. The molecule has 2 aliphatic heterocycles. The van der Waals surface area contributed by atoms with Crippen LogP contribution in [0.5, 0.6) is 0 Å². The largest absolute Gasteiger partial charge is 0.381 e. The number of aromatic nitrogens is 3. The van der Waals surface area contributed by atoms with Gasteiger partial charge in [0.05, 0.1) is 16.4 Å². The van der Waals surface area contributed by atoms with Crippen LogP contribution >= 0.6 is 11.6 Å². The second kappa shape index (κ2) is 14.6. The average Bonchev–Trinajstić information content (AvgIpc) is 3.45. The molecule has 2 saturated heterocycles. The summed E-state index contributed by atoms with van der Waals surface area (Å²) in [6, 6.07) is 14.5. The van der Waals surface area contributed by atoms with E-state index in [1.807, 2.05) is 31.2 Å². The molecule has 0 saturated carbocycles. The maximum atomic E-state index is 15.2. The van der Waals surface area contributed by atoms with E-state index in [4.69, 9.17) is 22.1 Å². The Bertz CT molecular complexity index is 1640. The minimum atomic E-state index is -0.497. The molecule has 9 heteroatoms. The number of piperidine rings is 1. The van der Waals surface area contributed by atoms with E-state index >= 15 is 4.39 Å². The molecule has 3 atom stereocenters. The van der Waals surface area contributed by atoms with Crippen molar-refractivity contribution in [2.24, 2.45) is 11.7 Å². The van der Waals surface area contributed by atoms with Crippen LogP contribution in [0, 0.1) is 11.7 Å². The lowest BCUT2D eigenvalue weighted by molar-refractivity contribution is 0.0627. The standard InChI is InChI=1S/C36H45ClFN5O2/c1-23(39)5-2-7-25-19-30(34(38)31(37)20-25)33-21-27-22-43(36(44)42-35(27)41-33)29-13-11-26(12-14-29)32-10-4-9-28(40-32)8-3-6-24-15-17-45-18-16-24/h11-14,19-24,28,32,40H,2-10,15-18,39H2,1H3,(H,41,42,44)/t23-,28+,32-/m0/s1. The third-order valence-corrected chi connectivity index (χ3v) is 9.85. The number of ether oxygens (including phenoxy) is 1. The number of nitrogens with one attached hydrogen (secondary N) is 2. The van der Waals surface area contributed by atoms with Gasteiger partial charge in [0.25, 0.3) is 0 Å². The highest BCUT2D eigenvalue weighted by atomic mass is 35.5. The van der Waals surface area contributed by atoms with Gasteiger partial charge in [-0.3, -0.25) is 4.57 Å². The van der Waals surface area contributed by atoms with Crippen molar-refractivity contribution in [3.05, 3.63) is 81.1 Å². The predicted octanol–water partition coefficient (Wildman–Crippen LogP) is 7.62. The molecule has 0 bridgehead atoms. The number of halogens is 2. The molecule has 0 spiro atoms. The molecule has 240 valence electrons. The molecular weight excluding hydrogens is 589 g/mol. The quantitative estimate of drug-likeness (QED) is 0.158. The van der Waals surface area contributed by atoms with Gasteiger partial charge >= 0.3 is 5.69 Å². The number of benzene rings is 2. The van der Waals surface area contributed by atoms with Crippen LogP contribution in [-0.4, -0.2) is 39.8 Å². The number of nitrogens with zero attached hydrogens (tertiary/aromatic N) is 2. The lowest BCUT2D eigenvalue weighted by Crippen LogP contribution is -2.37. The molecule has 0 radical (unpaired) electrons. The summed E-state index contributed by atoms with van der Waals surface area (Å²) in [7, 11) is 0. The maximum absolute atomic E-state index is 15.2. The SMILES string of the molecule is C[C@H](N)CCCc1cc(Cl)c(F)c(-c2cc3cn(-c4ccc([C@@H]5CCC[C@@H](CCCC6CCOCC6)N5)cc4)c(=O)nc3[nH]2)c1. The highest BCUT2D eigenvalue weighted by Crippen LogP contribution is 2.32. The lowest BCUT2D eigenvalue weighted by Gasteiger charge is -2.32. The van der Waals surface area contributed by atoms with E-state index in [-0.39, 0.29) is 11.1 Å². The predicted molar refractivity (Wildman–Crippen MR) is 180 cm³/mol. The fraction of sp³-hybridized carbons (Fsp3) is 0.500. The van der Waals surface area contributed by atoms with Crippen molar-refractivity contribution in [2.75, 3.05) is 13.2 Å². The summed E-state index contributed by atoms with van der Waals surface area (Å²) in [5, 5.41) is 4.68. The number of hydrogen-bond donors (Lipinski definition) is 3. The van der Waals surface area contributed by atoms with Crippen LogP contribution in [0.15, 0.2) is 53.5 Å². The van der Waals surface area contributed by atoms with Gasteiger partial charge in [-0.1, -0.05) is 43.0 Å². The van der Waals surface area contributed by atoms with E-state index in [1.165, 1.54) is 50.5 Å². The molecule has 0 unspecified atom stereocenters. The second-order valence-corrected chi connectivity index (χ2v) is 13.5. The molecular formula is C36H45ClFN5O2. The highest BCUT2D eigenvalue weighted by molar-refractivity contribution is 6.31. The number of H-pyrrole nitrogens is 1. The Kier molecular flexibility index (Phi) is 10.3. The van der Waals surface area contributed by atoms with Gasteiger partial charge in [0, 0.05) is 48.5 Å². The molecule has 2 aliphatic rings. The van der Waals surface area contributed by atoms with Crippen LogP contribution < -0.4 is 16.7 Å². The van der Waals surface area contributed by atoms with Gasteiger partial charge in [0.15, 0.2) is 5.82 Å². The van der Waals surface area contributed by atoms with E-state index in [9.17, 15) is 4.79 Å². The van der Waals surface area contributed by atoms with Crippen molar-refractivity contribution in [3.8, 4) is 16.9 Å². The fourth-order valence-electron chi connectivity index (χ4n) is 7.00. The van der Waals surface area contributed by atoms with Crippen LogP contribution in [0.4, 0.5) is 4.39 Å². The molecule has 4 heterocycles. The van der Waals surface area contributed by atoms with E-state index in [0.29, 0.717) is 34.4 Å². The van der Waals surface area contributed by atoms with Gasteiger partial charge in [0.2, 0.25) is 0 Å². The van der Waals surface area contributed by atoms with Crippen LogP contribution in [-0.2, 0) is 11.2 Å². The summed E-state index contributed by atoms with van der Waals surface area (Å²) in [5.74, 6) is 0.329. The van der Waals surface area contributed by atoms with Gasteiger partial charge < -0.3 is 20.8 Å². The van der Waals surface area contributed by atoms with Crippen LogP contribution in [0.1, 0.15) is 88.3 Å². The summed E-state index contributed by atoms with van der Waals surface area (Å²) in [4.78, 5) is 20.5. The second-order valence-electron chi connectivity index (χ2n) is 13.1. The van der Waals surface area contributed by atoms with Gasteiger partial charge in [-0.05, 0) is 106 Å². The van der Waals surface area contributed by atoms with Gasteiger partial charge in [-0.25, -0.2) is 9.18 Å². The van der Waals surface area contributed by atoms with Crippen molar-refractivity contribution in [2.45, 2.75) is 95.7 Å². The molecule has 2 aromatic heterocycles. The molecule has 7 nitrogen and oxygen atoms in total. The first-order valence-electron chi connectivity index (χ1n) is 16.6. The molecule has 0 aliphatic carbocycles. The molecule has 0 amide bonds. The molecule has 4 aromatic rings. The summed E-state index contributed by atoms with van der Waals surface area (Å²) in [6.45, 7) is 3.82. The fourth-order valence-corrected chi connectivity index (χ4v) is 7.25. The number of fused-ring (bicyclic) bond motifs is 1. The minimum Gasteiger partial charge on any atom is -0.381 e. The zero-order valence-electron chi connectivity index (χ0n) is 26.2. The Labute approximate surface area is 269 Å². The monoisotopic (exact) mass is 633 g/mol. The number of nitrogens with two attached hydrogens (primary N) is 1. The highest BCUT2D eigenvalue weighted by Gasteiger charge is 2.23. The molecule has 2 fully saturated rings. The van der Waals surface area contributed by atoms with Crippen LogP contribution in [0.2, 0.25) is 5.02 Å². The molecule has 6 rings (SSSR count). The maximum Gasteiger partial charge on any atom is 0.354 e. The minimum absolute atomic E-state index is 0.0725. The lowest BCUT2D eigenvalue weighted by atomic mass is 9.89. The first-order valence-corrected chi connectivity index (χ1v) is 17.0. The van der Waals surface area contributed by atoms with Crippen molar-refractivity contribution in [3.63, 3.8) is 0 Å².